The van der Waals surface area contributed by atoms with Crippen molar-refractivity contribution >= 4 is 57.1 Å². The van der Waals surface area contributed by atoms with Crippen molar-refractivity contribution in [2.75, 3.05) is 14.2 Å². The van der Waals surface area contributed by atoms with Crippen LogP contribution in [0.3, 0.4) is 0 Å². The number of ether oxygens (including phenoxy) is 2. The fourth-order valence-corrected chi connectivity index (χ4v) is 2.97. The number of aromatic nitrogens is 2. The Morgan fingerprint density at radius 1 is 1.20 bits per heavy atom. The van der Waals surface area contributed by atoms with Crippen LogP contribution in [-0.4, -0.2) is 35.7 Å². The summed E-state index contributed by atoms with van der Waals surface area (Å²) in [5.41, 5.74) is 1.18. The smallest absolute Gasteiger partial charge is 0.356 e. The molecule has 1 N–H and O–H groups in total. The van der Waals surface area contributed by atoms with E-state index >= 15 is 0 Å². The predicted octanol–water partition coefficient (Wildman–Crippen LogP) is 2.59. The van der Waals surface area contributed by atoms with Crippen molar-refractivity contribution in [1.82, 2.24) is 9.55 Å². The summed E-state index contributed by atoms with van der Waals surface area (Å²) in [7, 11) is 2.62. The fourth-order valence-electron chi connectivity index (χ4n) is 1.76. The molecule has 20 heavy (non-hydrogen) atoms. The van der Waals surface area contributed by atoms with Crippen LogP contribution in [-0.2, 0) is 9.47 Å². The van der Waals surface area contributed by atoms with Crippen LogP contribution >= 0.6 is 45.2 Å². The van der Waals surface area contributed by atoms with Gasteiger partial charge >= 0.3 is 11.9 Å². The van der Waals surface area contributed by atoms with Gasteiger partial charge in [0.1, 0.15) is 11.4 Å². The largest absolute Gasteiger partial charge is 0.464 e. The summed E-state index contributed by atoms with van der Waals surface area (Å²) < 4.78 is 12.9. The van der Waals surface area contributed by atoms with Crippen molar-refractivity contribution in [3.63, 3.8) is 0 Å². The van der Waals surface area contributed by atoms with Crippen LogP contribution in [0.25, 0.3) is 5.69 Å². The Bertz CT molecular complexity index is 675. The number of H-pyrrole nitrogens is 1. The minimum absolute atomic E-state index is 0.280. The van der Waals surface area contributed by atoms with Gasteiger partial charge in [-0.1, -0.05) is 0 Å². The zero-order valence-corrected chi connectivity index (χ0v) is 14.9. The highest BCUT2D eigenvalue weighted by molar-refractivity contribution is 14.1. The van der Waals surface area contributed by atoms with E-state index in [0.717, 1.165) is 7.27 Å². The van der Waals surface area contributed by atoms with E-state index in [4.69, 9.17) is 9.47 Å². The van der Waals surface area contributed by atoms with Crippen molar-refractivity contribution in [2.45, 2.75) is 0 Å². The first kappa shape index (κ1) is 15.4. The van der Waals surface area contributed by atoms with Gasteiger partial charge in [0.05, 0.1) is 23.6 Å². The van der Waals surface area contributed by atoms with E-state index < -0.39 is 11.9 Å². The van der Waals surface area contributed by atoms with Crippen LogP contribution in [0, 0.1) is 7.27 Å². The monoisotopic (exact) mass is 500 g/mol. The molecule has 0 spiro atoms. The lowest BCUT2D eigenvalue weighted by Gasteiger charge is -2.09. The lowest BCUT2D eigenvalue weighted by Crippen LogP contribution is -2.13. The normalized spacial score (nSPS) is 10.4. The number of carbonyl (C=O) groups is 2. The Kier molecular flexibility index (Phi) is 4.73. The molecule has 0 unspecified atom stereocenters. The molecule has 2 heterocycles. The zero-order valence-electron chi connectivity index (χ0n) is 10.6. The SMILES string of the molecule is COC(=O)c1[nH]ccc1-n1c(C(=O)OC)cc(I)c1I. The van der Waals surface area contributed by atoms with Crippen LogP contribution in [0.4, 0.5) is 0 Å². The van der Waals surface area contributed by atoms with Gasteiger partial charge in [-0.15, -0.1) is 0 Å². The van der Waals surface area contributed by atoms with Crippen LogP contribution in [0.15, 0.2) is 18.3 Å². The summed E-state index contributed by atoms with van der Waals surface area (Å²) in [6.45, 7) is 0. The summed E-state index contributed by atoms with van der Waals surface area (Å²) in [6.07, 6.45) is 1.62. The van der Waals surface area contributed by atoms with Gasteiger partial charge in [-0.3, -0.25) is 4.57 Å². The maximum atomic E-state index is 11.9. The number of nitrogens with zero attached hydrogens (tertiary/aromatic N) is 1. The lowest BCUT2D eigenvalue weighted by atomic mass is 10.3. The Morgan fingerprint density at radius 3 is 2.45 bits per heavy atom. The second kappa shape index (κ2) is 6.16. The molecule has 0 aliphatic rings. The number of hydrogen-bond donors (Lipinski definition) is 1. The zero-order chi connectivity index (χ0) is 14.9. The molecule has 0 aromatic carbocycles. The molecule has 2 rings (SSSR count). The van der Waals surface area contributed by atoms with E-state index in [1.807, 2.05) is 0 Å². The van der Waals surface area contributed by atoms with Crippen LogP contribution in [0.5, 0.6) is 0 Å². The molecule has 0 bridgehead atoms. The third kappa shape index (κ3) is 2.57. The Morgan fingerprint density at radius 2 is 1.85 bits per heavy atom. The average molecular weight is 500 g/mol. The van der Waals surface area contributed by atoms with E-state index in [9.17, 15) is 9.59 Å². The van der Waals surface area contributed by atoms with E-state index in [0.29, 0.717) is 11.4 Å². The van der Waals surface area contributed by atoms with Crippen molar-refractivity contribution in [1.29, 1.82) is 0 Å². The summed E-state index contributed by atoms with van der Waals surface area (Å²) in [5.74, 6) is -0.969. The molecule has 2 aromatic heterocycles. The Labute approximate surface area is 142 Å². The number of nitrogens with one attached hydrogen (secondary N) is 1. The molecule has 6 nitrogen and oxygen atoms in total. The molecule has 0 aliphatic heterocycles. The molecule has 0 atom stereocenters. The van der Waals surface area contributed by atoms with Crippen molar-refractivity contribution in [3.8, 4) is 5.69 Å². The third-order valence-corrected chi connectivity index (χ3v) is 5.57. The van der Waals surface area contributed by atoms with E-state index in [1.165, 1.54) is 14.2 Å². The van der Waals surface area contributed by atoms with Gasteiger partial charge in [0.2, 0.25) is 0 Å². The first-order valence-electron chi connectivity index (χ1n) is 5.42. The molecule has 0 amide bonds. The highest BCUT2D eigenvalue weighted by Gasteiger charge is 2.24. The molecule has 106 valence electrons. The second-order valence-electron chi connectivity index (χ2n) is 3.72. The number of esters is 2. The summed E-state index contributed by atoms with van der Waals surface area (Å²) in [4.78, 5) is 26.4. The molecule has 0 aliphatic carbocycles. The first-order chi connectivity index (χ1) is 9.51. The molecule has 2 aromatic rings. The standard InChI is InChI=1S/C12H10I2N2O4/c1-19-11(17)8-5-6(13)10(14)16(8)7-3-4-15-9(7)12(18)20-2/h3-5,15H,1-2H3. The topological polar surface area (TPSA) is 73.3 Å². The lowest BCUT2D eigenvalue weighted by molar-refractivity contribution is 0.0578. The average Bonchev–Trinajstić information content (AvgIpc) is 3.03. The Hall–Kier alpha value is -1.04. The van der Waals surface area contributed by atoms with Gasteiger partial charge in [0.15, 0.2) is 0 Å². The predicted molar refractivity (Wildman–Crippen MR) is 88.2 cm³/mol. The molecule has 0 fully saturated rings. The second-order valence-corrected chi connectivity index (χ2v) is 5.91. The molecule has 0 radical (unpaired) electrons. The van der Waals surface area contributed by atoms with Gasteiger partial charge in [-0.05, 0) is 57.3 Å². The minimum Gasteiger partial charge on any atom is -0.464 e. The van der Waals surface area contributed by atoms with Crippen molar-refractivity contribution < 1.29 is 19.1 Å². The Balaban J connectivity index is 2.67. The number of rotatable bonds is 3. The molecular formula is C12H10I2N2O4. The third-order valence-electron chi connectivity index (χ3n) is 2.65. The van der Waals surface area contributed by atoms with Gasteiger partial charge in [0.25, 0.3) is 0 Å². The highest BCUT2D eigenvalue weighted by atomic mass is 127. The summed E-state index contributed by atoms with van der Waals surface area (Å²) >= 11 is 4.23. The molecule has 8 heteroatoms. The number of aromatic amines is 1. The maximum Gasteiger partial charge on any atom is 0.356 e. The highest BCUT2D eigenvalue weighted by Crippen LogP contribution is 2.27. The van der Waals surface area contributed by atoms with Crippen LogP contribution in [0.2, 0.25) is 0 Å². The van der Waals surface area contributed by atoms with Gasteiger partial charge in [-0.25, -0.2) is 9.59 Å². The maximum absolute atomic E-state index is 11.9. The minimum atomic E-state index is -0.500. The quantitative estimate of drug-likeness (QED) is 0.520. The first-order valence-corrected chi connectivity index (χ1v) is 7.58. The number of methoxy groups -OCH3 is 2. The fraction of sp³-hybridized carbons (Fsp3) is 0.167. The van der Waals surface area contributed by atoms with E-state index in [-0.39, 0.29) is 5.69 Å². The molecule has 0 saturated carbocycles. The number of carbonyl (C=O) groups excluding carboxylic acids is 2. The summed E-state index contributed by atoms with van der Waals surface area (Å²) in [6, 6.07) is 3.42. The summed E-state index contributed by atoms with van der Waals surface area (Å²) in [5, 5.41) is 0. The number of halogens is 2. The van der Waals surface area contributed by atoms with Crippen LogP contribution < -0.4 is 0 Å². The number of hydrogen-bond acceptors (Lipinski definition) is 4. The van der Waals surface area contributed by atoms with Gasteiger partial charge in [0, 0.05) is 9.77 Å². The molecular weight excluding hydrogens is 490 g/mol. The van der Waals surface area contributed by atoms with E-state index in [1.54, 1.807) is 22.9 Å². The van der Waals surface area contributed by atoms with E-state index in [2.05, 4.69) is 50.2 Å². The van der Waals surface area contributed by atoms with Crippen molar-refractivity contribution in [2.24, 2.45) is 0 Å². The van der Waals surface area contributed by atoms with Crippen LogP contribution in [0.1, 0.15) is 21.0 Å². The van der Waals surface area contributed by atoms with Crippen molar-refractivity contribution in [3.05, 3.63) is 37.0 Å². The molecule has 0 saturated heterocycles. The van der Waals surface area contributed by atoms with Gasteiger partial charge in [-0.2, -0.15) is 0 Å². The van der Waals surface area contributed by atoms with Gasteiger partial charge < -0.3 is 14.5 Å².